The summed E-state index contributed by atoms with van der Waals surface area (Å²) in [4.78, 5) is 50.5. The molecule has 2 heterocycles. The third-order valence-electron chi connectivity index (χ3n) is 6.35. The summed E-state index contributed by atoms with van der Waals surface area (Å²) in [5, 5.41) is 24.5. The van der Waals surface area contributed by atoms with Gasteiger partial charge in [-0.15, -0.1) is 0 Å². The number of hydrogen-bond acceptors (Lipinski definition) is 6. The fourth-order valence-corrected chi connectivity index (χ4v) is 4.41. The molecule has 1 aromatic heterocycles. The minimum atomic E-state index is -1.50. The molecule has 1 aliphatic carbocycles. The summed E-state index contributed by atoms with van der Waals surface area (Å²) in [6.07, 6.45) is 7.95. The van der Waals surface area contributed by atoms with Crippen LogP contribution in [0.1, 0.15) is 53.6 Å². The summed E-state index contributed by atoms with van der Waals surface area (Å²) in [7, 11) is 0. The highest BCUT2D eigenvalue weighted by atomic mass is 16.4. The van der Waals surface area contributed by atoms with E-state index in [4.69, 9.17) is 0 Å². The number of amides is 2. The third-order valence-corrected chi connectivity index (χ3v) is 6.35. The minimum absolute atomic E-state index is 0.104. The zero-order valence-corrected chi connectivity index (χ0v) is 20.3. The standard InChI is InChI=1S/C26H28N4O6/c1-16-8-10-26(3,11-9-16)14-28-15-29(12-18-4-6-19(7-5-18)27-17(2)31)30-13-20(25(35)36)22(32)23(33)21(30)24(28)34/h4-10,13,33H,11-12,14-15H2,1-3H3,(H,27,31)(H,35,36). The molecule has 188 valence electrons. The number of pyridine rings is 1. The molecule has 0 spiro atoms. The first-order chi connectivity index (χ1) is 17.0. The molecule has 0 saturated carbocycles. The van der Waals surface area contributed by atoms with Crippen molar-refractivity contribution in [2.45, 2.75) is 33.7 Å². The number of aromatic hydroxyl groups is 1. The van der Waals surface area contributed by atoms with Crippen LogP contribution >= 0.6 is 0 Å². The maximum atomic E-state index is 13.4. The van der Waals surface area contributed by atoms with E-state index in [0.717, 1.165) is 23.8 Å². The molecule has 0 bridgehead atoms. The molecule has 3 N–H and O–H groups in total. The monoisotopic (exact) mass is 492 g/mol. The summed E-state index contributed by atoms with van der Waals surface area (Å²) in [5.41, 5.74) is 0.203. The quantitative estimate of drug-likeness (QED) is 0.565. The zero-order valence-electron chi connectivity index (χ0n) is 20.3. The van der Waals surface area contributed by atoms with Gasteiger partial charge in [-0.3, -0.25) is 24.1 Å². The van der Waals surface area contributed by atoms with Gasteiger partial charge in [-0.1, -0.05) is 42.9 Å². The molecule has 1 aromatic carbocycles. The Bertz CT molecular complexity index is 1360. The maximum absolute atomic E-state index is 13.4. The molecule has 0 saturated heterocycles. The van der Waals surface area contributed by atoms with Crippen LogP contribution in [0.15, 0.2) is 59.1 Å². The van der Waals surface area contributed by atoms with Crippen molar-refractivity contribution in [2.75, 3.05) is 23.5 Å². The fourth-order valence-electron chi connectivity index (χ4n) is 4.41. The topological polar surface area (TPSA) is 132 Å². The Balaban J connectivity index is 1.72. The Labute approximate surface area is 207 Å². The first kappa shape index (κ1) is 24.8. The number of carbonyl (C=O) groups excluding carboxylic acids is 2. The van der Waals surface area contributed by atoms with Crippen LogP contribution in [0.25, 0.3) is 0 Å². The van der Waals surface area contributed by atoms with Gasteiger partial charge in [0.05, 0.1) is 6.54 Å². The molecule has 1 atom stereocenters. The number of carbonyl (C=O) groups is 3. The summed E-state index contributed by atoms with van der Waals surface area (Å²) >= 11 is 0. The highest BCUT2D eigenvalue weighted by Gasteiger charge is 2.37. The number of fused-ring (bicyclic) bond motifs is 1. The highest BCUT2D eigenvalue weighted by Crippen LogP contribution is 2.32. The lowest BCUT2D eigenvalue weighted by Crippen LogP contribution is -2.56. The van der Waals surface area contributed by atoms with Crippen LogP contribution < -0.4 is 15.8 Å². The van der Waals surface area contributed by atoms with Crippen LogP contribution in [0.3, 0.4) is 0 Å². The van der Waals surface area contributed by atoms with Crippen LogP contribution in [0.4, 0.5) is 5.69 Å². The van der Waals surface area contributed by atoms with Gasteiger partial charge in [-0.25, -0.2) is 4.79 Å². The molecule has 1 aliphatic heterocycles. The van der Waals surface area contributed by atoms with Crippen molar-refractivity contribution in [1.29, 1.82) is 0 Å². The number of nitrogens with one attached hydrogen (secondary N) is 1. The number of allylic oxidation sites excluding steroid dienone is 3. The molecule has 36 heavy (non-hydrogen) atoms. The second kappa shape index (κ2) is 9.37. The third kappa shape index (κ3) is 4.88. The number of rotatable bonds is 6. The first-order valence-electron chi connectivity index (χ1n) is 11.5. The van der Waals surface area contributed by atoms with Crippen molar-refractivity contribution in [3.63, 3.8) is 0 Å². The average Bonchev–Trinajstić information content (AvgIpc) is 2.81. The van der Waals surface area contributed by atoms with Crippen LogP contribution in [0.5, 0.6) is 5.75 Å². The van der Waals surface area contributed by atoms with Crippen LogP contribution in [0.2, 0.25) is 0 Å². The van der Waals surface area contributed by atoms with Gasteiger partial charge in [0.15, 0.2) is 11.4 Å². The molecule has 4 rings (SSSR count). The van der Waals surface area contributed by atoms with E-state index in [9.17, 15) is 29.4 Å². The number of anilines is 1. The molecule has 1 unspecified atom stereocenters. The van der Waals surface area contributed by atoms with Crippen molar-refractivity contribution >= 4 is 23.5 Å². The number of carboxylic acid groups (broad SMARTS) is 1. The van der Waals surface area contributed by atoms with E-state index < -0.39 is 28.6 Å². The summed E-state index contributed by atoms with van der Waals surface area (Å²) in [6, 6.07) is 7.06. The van der Waals surface area contributed by atoms with E-state index in [1.807, 2.05) is 19.9 Å². The van der Waals surface area contributed by atoms with Crippen molar-refractivity contribution in [3.05, 3.63) is 81.3 Å². The SMILES string of the molecule is CC(=O)Nc1ccc(CN2CN(CC3(C)C=CC(C)=CC3)C(=O)c3c(O)c(=O)c(C(=O)O)cn32)cc1. The predicted octanol–water partition coefficient (Wildman–Crippen LogP) is 2.67. The molecular formula is C26H28N4O6. The molecule has 10 heteroatoms. The zero-order chi connectivity index (χ0) is 26.2. The number of aromatic nitrogens is 1. The normalized spacial score (nSPS) is 19.1. The Hall–Kier alpha value is -4.34. The first-order valence-corrected chi connectivity index (χ1v) is 11.5. The van der Waals surface area contributed by atoms with Crippen LogP contribution in [-0.4, -0.2) is 50.8 Å². The van der Waals surface area contributed by atoms with E-state index in [2.05, 4.69) is 17.5 Å². The summed E-state index contributed by atoms with van der Waals surface area (Å²) in [5.74, 6) is -3.14. The van der Waals surface area contributed by atoms with E-state index in [1.54, 1.807) is 34.2 Å². The number of aromatic carboxylic acids is 1. The Morgan fingerprint density at radius 3 is 2.44 bits per heavy atom. The maximum Gasteiger partial charge on any atom is 0.341 e. The summed E-state index contributed by atoms with van der Waals surface area (Å²) in [6.45, 7) is 6.12. The van der Waals surface area contributed by atoms with Crippen LogP contribution in [-0.2, 0) is 11.3 Å². The number of benzene rings is 1. The molecular weight excluding hydrogens is 464 g/mol. The van der Waals surface area contributed by atoms with E-state index in [0.29, 0.717) is 12.2 Å². The van der Waals surface area contributed by atoms with Crippen molar-refractivity contribution in [2.24, 2.45) is 5.41 Å². The van der Waals surface area contributed by atoms with Gasteiger partial charge < -0.3 is 20.4 Å². The van der Waals surface area contributed by atoms with Gasteiger partial charge in [0, 0.05) is 30.8 Å². The van der Waals surface area contributed by atoms with Crippen molar-refractivity contribution in [3.8, 4) is 5.75 Å². The van der Waals surface area contributed by atoms with Gasteiger partial charge >= 0.3 is 5.97 Å². The Morgan fingerprint density at radius 2 is 1.86 bits per heavy atom. The van der Waals surface area contributed by atoms with Gasteiger partial charge in [-0.05, 0) is 31.0 Å². The largest absolute Gasteiger partial charge is 0.502 e. The minimum Gasteiger partial charge on any atom is -0.502 e. The van der Waals surface area contributed by atoms with Crippen LogP contribution in [0, 0.1) is 5.41 Å². The van der Waals surface area contributed by atoms with E-state index in [-0.39, 0.29) is 30.2 Å². The predicted molar refractivity (Wildman–Crippen MR) is 134 cm³/mol. The van der Waals surface area contributed by atoms with Gasteiger partial charge in [0.1, 0.15) is 12.2 Å². The summed E-state index contributed by atoms with van der Waals surface area (Å²) < 4.78 is 1.25. The smallest absolute Gasteiger partial charge is 0.341 e. The molecule has 2 aromatic rings. The Morgan fingerprint density at radius 1 is 1.17 bits per heavy atom. The molecule has 2 aliphatic rings. The second-order valence-electron chi connectivity index (χ2n) is 9.55. The van der Waals surface area contributed by atoms with E-state index in [1.165, 1.54) is 11.6 Å². The van der Waals surface area contributed by atoms with Gasteiger partial charge in [0.25, 0.3) is 5.91 Å². The highest BCUT2D eigenvalue weighted by molar-refractivity contribution is 5.98. The molecule has 2 amide bonds. The number of hydrogen-bond donors (Lipinski definition) is 3. The van der Waals surface area contributed by atoms with Crippen molar-refractivity contribution in [1.82, 2.24) is 9.58 Å². The fraction of sp³-hybridized carbons (Fsp3) is 0.308. The number of carboxylic acids is 1. The molecule has 10 nitrogen and oxygen atoms in total. The van der Waals surface area contributed by atoms with Gasteiger partial charge in [0.2, 0.25) is 11.3 Å². The van der Waals surface area contributed by atoms with Gasteiger partial charge in [-0.2, -0.15) is 0 Å². The lowest BCUT2D eigenvalue weighted by molar-refractivity contribution is -0.114. The molecule has 0 fully saturated rings. The lowest BCUT2D eigenvalue weighted by Gasteiger charge is -2.43. The number of nitrogens with zero attached hydrogens (tertiary/aromatic N) is 3. The van der Waals surface area contributed by atoms with Crippen molar-refractivity contribution < 1.29 is 24.6 Å². The second-order valence-corrected chi connectivity index (χ2v) is 9.55. The lowest BCUT2D eigenvalue weighted by atomic mass is 9.81. The average molecular weight is 493 g/mol. The van der Waals surface area contributed by atoms with E-state index >= 15 is 0 Å². The Kier molecular flexibility index (Phi) is 6.45. The molecule has 0 radical (unpaired) electrons.